The molecule has 1 aromatic rings. The molecule has 1 amide bonds. The summed E-state index contributed by atoms with van der Waals surface area (Å²) < 4.78 is 0. The Morgan fingerprint density at radius 3 is 3.00 bits per heavy atom. The minimum atomic E-state index is -0.212. The number of halogens is 2. The van der Waals surface area contributed by atoms with E-state index in [1.54, 1.807) is 23.1 Å². The fraction of sp³-hybridized carbons (Fsp3) is 0.417. The smallest absolute Gasteiger partial charge is 0.224 e. The molecule has 6 heteroatoms. The monoisotopic (exact) mass is 287 g/mol. The first kappa shape index (κ1) is 13.5. The van der Waals surface area contributed by atoms with Crippen molar-refractivity contribution >= 4 is 34.8 Å². The highest BCUT2D eigenvalue weighted by molar-refractivity contribution is 6.36. The molecule has 1 saturated heterocycles. The van der Waals surface area contributed by atoms with Gasteiger partial charge in [0, 0.05) is 24.5 Å². The van der Waals surface area contributed by atoms with Gasteiger partial charge in [0.2, 0.25) is 5.91 Å². The quantitative estimate of drug-likeness (QED) is 0.898. The molecule has 0 spiro atoms. The number of anilines is 1. The topological polar surface area (TPSA) is 44.4 Å². The third kappa shape index (κ3) is 2.88. The van der Waals surface area contributed by atoms with Gasteiger partial charge >= 0.3 is 0 Å². The first-order chi connectivity index (χ1) is 8.61. The maximum atomic E-state index is 11.7. The molecule has 2 N–H and O–H groups in total. The van der Waals surface area contributed by atoms with Crippen LogP contribution in [0.1, 0.15) is 13.3 Å². The molecule has 0 aliphatic carbocycles. The van der Waals surface area contributed by atoms with E-state index in [1.165, 1.54) is 0 Å². The summed E-state index contributed by atoms with van der Waals surface area (Å²) in [5.41, 5.74) is 0.759. The molecule has 1 aliphatic rings. The Morgan fingerprint density at radius 2 is 2.33 bits per heavy atom. The zero-order valence-corrected chi connectivity index (χ0v) is 11.6. The van der Waals surface area contributed by atoms with E-state index in [0.717, 1.165) is 12.2 Å². The molecule has 0 radical (unpaired) electrons. The van der Waals surface area contributed by atoms with Crippen molar-refractivity contribution < 1.29 is 4.79 Å². The minimum absolute atomic E-state index is 0.114. The summed E-state index contributed by atoms with van der Waals surface area (Å²) in [5.74, 6) is 0.114. The van der Waals surface area contributed by atoms with Crippen LogP contribution in [0.2, 0.25) is 10.0 Å². The maximum absolute atomic E-state index is 11.7. The van der Waals surface area contributed by atoms with Crippen LogP contribution in [0.5, 0.6) is 0 Å². The SMILES string of the molecule is CCC(=O)N1CCNC1Nc1ccc(Cl)cc1Cl. The van der Waals surface area contributed by atoms with Crippen LogP contribution in [-0.2, 0) is 4.79 Å². The number of nitrogens with zero attached hydrogens (tertiary/aromatic N) is 1. The predicted molar refractivity (Wildman–Crippen MR) is 73.9 cm³/mol. The number of rotatable bonds is 3. The van der Waals surface area contributed by atoms with E-state index in [2.05, 4.69) is 10.6 Å². The third-order valence-electron chi connectivity index (χ3n) is 2.85. The highest BCUT2D eigenvalue weighted by atomic mass is 35.5. The minimum Gasteiger partial charge on any atom is -0.352 e. The van der Waals surface area contributed by atoms with Crippen molar-refractivity contribution in [2.75, 3.05) is 18.4 Å². The lowest BCUT2D eigenvalue weighted by Gasteiger charge is -2.26. The molecule has 18 heavy (non-hydrogen) atoms. The molecule has 1 atom stereocenters. The lowest BCUT2D eigenvalue weighted by molar-refractivity contribution is -0.131. The summed E-state index contributed by atoms with van der Waals surface area (Å²) in [6.45, 7) is 3.33. The Labute approximate surface area is 116 Å². The van der Waals surface area contributed by atoms with Crippen molar-refractivity contribution in [3.05, 3.63) is 28.2 Å². The Bertz CT molecular complexity index is 453. The molecular weight excluding hydrogens is 273 g/mol. The van der Waals surface area contributed by atoms with Gasteiger partial charge in [-0.1, -0.05) is 30.1 Å². The highest BCUT2D eigenvalue weighted by Crippen LogP contribution is 2.26. The largest absolute Gasteiger partial charge is 0.352 e. The number of benzene rings is 1. The molecule has 1 aliphatic heterocycles. The van der Waals surface area contributed by atoms with E-state index in [-0.39, 0.29) is 12.2 Å². The van der Waals surface area contributed by atoms with Gasteiger partial charge in [-0.25, -0.2) is 0 Å². The van der Waals surface area contributed by atoms with Gasteiger partial charge in [0.15, 0.2) is 6.29 Å². The standard InChI is InChI=1S/C12H15Cl2N3O/c1-2-11(18)17-6-5-15-12(17)16-10-4-3-8(13)7-9(10)14/h3-4,7,12,15-16H,2,5-6H2,1H3. The molecule has 0 saturated carbocycles. The van der Waals surface area contributed by atoms with Crippen LogP contribution in [0.25, 0.3) is 0 Å². The van der Waals surface area contributed by atoms with E-state index in [9.17, 15) is 4.79 Å². The molecule has 2 rings (SSSR count). The van der Waals surface area contributed by atoms with E-state index >= 15 is 0 Å². The zero-order valence-electron chi connectivity index (χ0n) is 10.0. The lowest BCUT2D eigenvalue weighted by Crippen LogP contribution is -2.45. The summed E-state index contributed by atoms with van der Waals surface area (Å²) in [6.07, 6.45) is 0.282. The van der Waals surface area contributed by atoms with Gasteiger partial charge in [0.25, 0.3) is 0 Å². The third-order valence-corrected chi connectivity index (χ3v) is 3.40. The van der Waals surface area contributed by atoms with Gasteiger partial charge in [-0.15, -0.1) is 0 Å². The summed E-state index contributed by atoms with van der Waals surface area (Å²) >= 11 is 11.9. The molecular formula is C12H15Cl2N3O. The predicted octanol–water partition coefficient (Wildman–Crippen LogP) is 2.53. The highest BCUT2D eigenvalue weighted by Gasteiger charge is 2.27. The Hall–Kier alpha value is -0.970. The number of nitrogens with one attached hydrogen (secondary N) is 2. The van der Waals surface area contributed by atoms with Crippen LogP contribution in [-0.4, -0.2) is 30.2 Å². The first-order valence-electron chi connectivity index (χ1n) is 5.86. The van der Waals surface area contributed by atoms with Crippen molar-refractivity contribution in [3.8, 4) is 0 Å². The van der Waals surface area contributed by atoms with Gasteiger partial charge in [-0.3, -0.25) is 10.1 Å². The molecule has 1 aromatic carbocycles. The van der Waals surface area contributed by atoms with Crippen molar-refractivity contribution in [1.29, 1.82) is 0 Å². The normalized spacial score (nSPS) is 19.1. The van der Waals surface area contributed by atoms with Crippen LogP contribution < -0.4 is 10.6 Å². The second-order valence-corrected chi connectivity index (χ2v) is 4.91. The van der Waals surface area contributed by atoms with Crippen LogP contribution in [0.3, 0.4) is 0 Å². The number of carbonyl (C=O) groups excluding carboxylic acids is 1. The second kappa shape index (κ2) is 5.78. The van der Waals surface area contributed by atoms with Crippen LogP contribution >= 0.6 is 23.2 Å². The van der Waals surface area contributed by atoms with E-state index in [4.69, 9.17) is 23.2 Å². The van der Waals surface area contributed by atoms with Crippen molar-refractivity contribution in [2.24, 2.45) is 0 Å². The first-order valence-corrected chi connectivity index (χ1v) is 6.62. The lowest BCUT2D eigenvalue weighted by atomic mass is 10.3. The molecule has 0 aromatic heterocycles. The summed E-state index contributed by atoms with van der Waals surface area (Å²) in [7, 11) is 0. The summed E-state index contributed by atoms with van der Waals surface area (Å²) in [5, 5.41) is 7.55. The number of carbonyl (C=O) groups is 1. The number of hydrogen-bond acceptors (Lipinski definition) is 3. The van der Waals surface area contributed by atoms with Gasteiger partial charge in [0.1, 0.15) is 0 Å². The van der Waals surface area contributed by atoms with Crippen LogP contribution in [0.15, 0.2) is 18.2 Å². The Kier molecular flexibility index (Phi) is 4.32. The summed E-state index contributed by atoms with van der Waals surface area (Å²) in [4.78, 5) is 13.5. The average molecular weight is 288 g/mol. The van der Waals surface area contributed by atoms with Crippen molar-refractivity contribution in [2.45, 2.75) is 19.6 Å². The number of amides is 1. The van der Waals surface area contributed by atoms with E-state index in [0.29, 0.717) is 23.0 Å². The zero-order chi connectivity index (χ0) is 13.1. The van der Waals surface area contributed by atoms with Gasteiger partial charge in [-0.05, 0) is 18.2 Å². The van der Waals surface area contributed by atoms with Crippen molar-refractivity contribution in [1.82, 2.24) is 10.2 Å². The molecule has 98 valence electrons. The molecule has 1 fully saturated rings. The maximum Gasteiger partial charge on any atom is 0.224 e. The fourth-order valence-corrected chi connectivity index (χ4v) is 2.38. The van der Waals surface area contributed by atoms with E-state index < -0.39 is 0 Å². The van der Waals surface area contributed by atoms with Crippen LogP contribution in [0, 0.1) is 0 Å². The molecule has 1 heterocycles. The van der Waals surface area contributed by atoms with Crippen molar-refractivity contribution in [3.63, 3.8) is 0 Å². The number of hydrogen-bond donors (Lipinski definition) is 2. The average Bonchev–Trinajstić information content (AvgIpc) is 2.80. The molecule has 1 unspecified atom stereocenters. The summed E-state index contributed by atoms with van der Waals surface area (Å²) in [6, 6.07) is 5.24. The van der Waals surface area contributed by atoms with Gasteiger partial charge in [-0.2, -0.15) is 0 Å². The Morgan fingerprint density at radius 1 is 1.56 bits per heavy atom. The van der Waals surface area contributed by atoms with Gasteiger partial charge in [0.05, 0.1) is 10.7 Å². The molecule has 4 nitrogen and oxygen atoms in total. The van der Waals surface area contributed by atoms with E-state index in [1.807, 2.05) is 6.92 Å². The fourth-order valence-electron chi connectivity index (χ4n) is 1.92. The van der Waals surface area contributed by atoms with Crippen LogP contribution in [0.4, 0.5) is 5.69 Å². The Balaban J connectivity index is 2.10. The molecule has 0 bridgehead atoms. The van der Waals surface area contributed by atoms with Gasteiger partial charge < -0.3 is 10.2 Å². The second-order valence-electron chi connectivity index (χ2n) is 4.07.